The summed E-state index contributed by atoms with van der Waals surface area (Å²) in [6, 6.07) is 8.26. The smallest absolute Gasteiger partial charge is 0.325 e. The van der Waals surface area contributed by atoms with E-state index in [0.717, 1.165) is 5.56 Å². The second kappa shape index (κ2) is 6.98. The van der Waals surface area contributed by atoms with Gasteiger partial charge in [0.2, 0.25) is 0 Å². The molecule has 0 aliphatic rings. The fourth-order valence-corrected chi connectivity index (χ4v) is 1.14. The summed E-state index contributed by atoms with van der Waals surface area (Å²) in [4.78, 5) is 11.4. The molecule has 1 rings (SSSR count). The minimum absolute atomic E-state index is 0.151. The quantitative estimate of drug-likeness (QED) is 0.764. The predicted molar refractivity (Wildman–Crippen MR) is 60.7 cm³/mol. The van der Waals surface area contributed by atoms with Gasteiger partial charge in [-0.15, -0.1) is 0 Å². The lowest BCUT2D eigenvalue weighted by Gasteiger charge is -2.12. The molecule has 1 aromatic carbocycles. The van der Waals surface area contributed by atoms with Crippen LogP contribution in [0.4, 0.5) is 4.39 Å². The Labute approximate surface area is 99.5 Å². The van der Waals surface area contributed by atoms with Crippen LogP contribution in [0.1, 0.15) is 12.5 Å². The molecule has 0 saturated heterocycles. The molecule has 0 radical (unpaired) electrons. The minimum atomic E-state index is -1.44. The molecule has 0 spiro atoms. The number of alkyl halides is 1. The molecular weight excluding hydrogens is 225 g/mol. The summed E-state index contributed by atoms with van der Waals surface area (Å²) in [5.74, 6) is -0.602. The topological polar surface area (TPSA) is 61.5 Å². The molecule has 0 heterocycles. The zero-order valence-corrected chi connectivity index (χ0v) is 9.64. The number of carbonyl (C=O) groups is 1. The Morgan fingerprint density at radius 1 is 1.41 bits per heavy atom. The second-order valence-corrected chi connectivity index (χ2v) is 3.58. The highest BCUT2D eigenvalue weighted by Crippen LogP contribution is 2.02. The van der Waals surface area contributed by atoms with Gasteiger partial charge in [-0.25, -0.2) is 4.39 Å². The molecule has 5 heteroatoms. The standard InChI is InChI=1S/C12H16FNO3/c1-9(13)16-8-11(14)12(15)17-7-10-5-3-2-4-6-10/h2-6,9,11H,7-8,14H2,1H3. The van der Waals surface area contributed by atoms with Gasteiger partial charge in [0, 0.05) is 0 Å². The van der Waals surface area contributed by atoms with E-state index in [9.17, 15) is 9.18 Å². The third kappa shape index (κ3) is 5.42. The molecule has 0 fully saturated rings. The molecule has 0 aromatic heterocycles. The van der Waals surface area contributed by atoms with Crippen molar-refractivity contribution < 1.29 is 18.7 Å². The number of benzene rings is 1. The maximum Gasteiger partial charge on any atom is 0.325 e. The van der Waals surface area contributed by atoms with Gasteiger partial charge in [-0.05, 0) is 12.5 Å². The van der Waals surface area contributed by atoms with Crippen LogP contribution in [0.2, 0.25) is 0 Å². The monoisotopic (exact) mass is 241 g/mol. The summed E-state index contributed by atoms with van der Waals surface area (Å²) >= 11 is 0. The first kappa shape index (κ1) is 13.6. The van der Waals surface area contributed by atoms with Crippen LogP contribution in [0.25, 0.3) is 0 Å². The van der Waals surface area contributed by atoms with Crippen LogP contribution >= 0.6 is 0 Å². The molecule has 0 bridgehead atoms. The van der Waals surface area contributed by atoms with E-state index >= 15 is 0 Å². The van der Waals surface area contributed by atoms with Crippen molar-refractivity contribution in [2.75, 3.05) is 6.61 Å². The maximum atomic E-state index is 12.3. The molecule has 4 nitrogen and oxygen atoms in total. The summed E-state index contributed by atoms with van der Waals surface area (Å²) in [6.07, 6.45) is -1.44. The Morgan fingerprint density at radius 2 is 2.06 bits per heavy atom. The lowest BCUT2D eigenvalue weighted by atomic mass is 10.2. The first-order chi connectivity index (χ1) is 8.09. The van der Waals surface area contributed by atoms with Crippen LogP contribution in [0.3, 0.4) is 0 Å². The number of carbonyl (C=O) groups excluding carboxylic acids is 1. The van der Waals surface area contributed by atoms with Gasteiger partial charge >= 0.3 is 5.97 Å². The molecule has 0 amide bonds. The van der Waals surface area contributed by atoms with Gasteiger partial charge in [-0.2, -0.15) is 0 Å². The zero-order valence-electron chi connectivity index (χ0n) is 9.64. The lowest BCUT2D eigenvalue weighted by molar-refractivity contribution is -0.149. The van der Waals surface area contributed by atoms with E-state index in [1.54, 1.807) is 0 Å². The number of halogens is 1. The Balaban J connectivity index is 2.29. The third-order valence-electron chi connectivity index (χ3n) is 2.03. The molecule has 0 aliphatic carbocycles. The summed E-state index contributed by atoms with van der Waals surface area (Å²) < 4.78 is 21.9. The number of hydrogen-bond donors (Lipinski definition) is 1. The fraction of sp³-hybridized carbons (Fsp3) is 0.417. The van der Waals surface area contributed by atoms with Crippen LogP contribution in [0.15, 0.2) is 30.3 Å². The molecule has 2 atom stereocenters. The molecule has 1 aromatic rings. The lowest BCUT2D eigenvalue weighted by Crippen LogP contribution is -2.37. The van der Waals surface area contributed by atoms with Crippen LogP contribution in [0, 0.1) is 0 Å². The summed E-state index contributed by atoms with van der Waals surface area (Å²) in [5.41, 5.74) is 6.33. The Kier molecular flexibility index (Phi) is 5.59. The normalized spacial score (nSPS) is 14.1. The zero-order chi connectivity index (χ0) is 12.7. The minimum Gasteiger partial charge on any atom is -0.460 e. The second-order valence-electron chi connectivity index (χ2n) is 3.58. The first-order valence-electron chi connectivity index (χ1n) is 5.31. The molecule has 17 heavy (non-hydrogen) atoms. The van der Waals surface area contributed by atoms with Crippen molar-refractivity contribution in [3.63, 3.8) is 0 Å². The van der Waals surface area contributed by atoms with Crippen molar-refractivity contribution in [3.05, 3.63) is 35.9 Å². The van der Waals surface area contributed by atoms with E-state index in [1.807, 2.05) is 30.3 Å². The third-order valence-corrected chi connectivity index (χ3v) is 2.03. The predicted octanol–water partition coefficient (Wildman–Crippen LogP) is 1.39. The van der Waals surface area contributed by atoms with Crippen molar-refractivity contribution in [2.45, 2.75) is 25.9 Å². The van der Waals surface area contributed by atoms with Gasteiger partial charge in [0.05, 0.1) is 6.61 Å². The number of ether oxygens (including phenoxy) is 2. The Hall–Kier alpha value is -1.46. The highest BCUT2D eigenvalue weighted by atomic mass is 19.1. The number of esters is 1. The molecule has 0 aliphatic heterocycles. The molecule has 94 valence electrons. The summed E-state index contributed by atoms with van der Waals surface area (Å²) in [7, 11) is 0. The van der Waals surface area contributed by atoms with Gasteiger partial charge in [0.1, 0.15) is 12.6 Å². The first-order valence-corrected chi connectivity index (χ1v) is 5.31. The van der Waals surface area contributed by atoms with Crippen LogP contribution < -0.4 is 5.73 Å². The molecule has 2 N–H and O–H groups in total. The molecule has 2 unspecified atom stereocenters. The van der Waals surface area contributed by atoms with Gasteiger partial charge in [0.25, 0.3) is 0 Å². The van der Waals surface area contributed by atoms with E-state index in [2.05, 4.69) is 4.74 Å². The van der Waals surface area contributed by atoms with Crippen LogP contribution in [-0.4, -0.2) is 25.0 Å². The number of nitrogens with two attached hydrogens (primary N) is 1. The van der Waals surface area contributed by atoms with E-state index in [-0.39, 0.29) is 13.2 Å². The maximum absolute atomic E-state index is 12.3. The Morgan fingerprint density at radius 3 is 2.65 bits per heavy atom. The highest BCUT2D eigenvalue weighted by molar-refractivity contribution is 5.75. The SMILES string of the molecule is CC(F)OCC(N)C(=O)OCc1ccccc1. The van der Waals surface area contributed by atoms with Crippen molar-refractivity contribution in [1.82, 2.24) is 0 Å². The fourth-order valence-electron chi connectivity index (χ4n) is 1.14. The largest absolute Gasteiger partial charge is 0.460 e. The Bertz CT molecular complexity index is 343. The average molecular weight is 241 g/mol. The van der Waals surface area contributed by atoms with Gasteiger partial charge in [0.15, 0.2) is 6.36 Å². The average Bonchev–Trinajstić information content (AvgIpc) is 2.34. The van der Waals surface area contributed by atoms with Gasteiger partial charge in [-0.3, -0.25) is 4.79 Å². The highest BCUT2D eigenvalue weighted by Gasteiger charge is 2.16. The van der Waals surface area contributed by atoms with E-state index in [4.69, 9.17) is 10.5 Å². The number of hydrogen-bond acceptors (Lipinski definition) is 4. The van der Waals surface area contributed by atoms with E-state index in [1.165, 1.54) is 6.92 Å². The van der Waals surface area contributed by atoms with Gasteiger partial charge < -0.3 is 15.2 Å². The van der Waals surface area contributed by atoms with Crippen molar-refractivity contribution >= 4 is 5.97 Å². The van der Waals surface area contributed by atoms with Crippen LogP contribution in [0.5, 0.6) is 0 Å². The van der Waals surface area contributed by atoms with Crippen molar-refractivity contribution in [2.24, 2.45) is 5.73 Å². The summed E-state index contributed by atoms with van der Waals surface area (Å²) in [5, 5.41) is 0. The molecular formula is C12H16FNO3. The summed E-state index contributed by atoms with van der Waals surface area (Å²) in [6.45, 7) is 1.19. The van der Waals surface area contributed by atoms with Gasteiger partial charge in [-0.1, -0.05) is 30.3 Å². The van der Waals surface area contributed by atoms with Crippen molar-refractivity contribution in [1.29, 1.82) is 0 Å². The van der Waals surface area contributed by atoms with E-state index in [0.29, 0.717) is 0 Å². The van der Waals surface area contributed by atoms with E-state index < -0.39 is 18.4 Å². The van der Waals surface area contributed by atoms with Crippen molar-refractivity contribution in [3.8, 4) is 0 Å². The van der Waals surface area contributed by atoms with Crippen LogP contribution in [-0.2, 0) is 20.9 Å². The number of rotatable bonds is 6. The molecule has 0 saturated carbocycles.